The number of benzene rings is 1. The van der Waals surface area contributed by atoms with E-state index in [2.05, 4.69) is 41.7 Å². The summed E-state index contributed by atoms with van der Waals surface area (Å²) in [6.07, 6.45) is 8.90. The summed E-state index contributed by atoms with van der Waals surface area (Å²) in [6.45, 7) is 0. The lowest BCUT2D eigenvalue weighted by atomic mass is 9.99. The number of fused-ring (bicyclic) bond motifs is 2. The largest absolute Gasteiger partial charge is 0.351 e. The van der Waals surface area contributed by atoms with Crippen LogP contribution in [-0.2, 0) is 4.74 Å². The molecule has 1 aromatic rings. The molecule has 1 N–H and O–H groups in total. The SMILES string of the molecule is CNC1CC=c2cccc/c2=C2\C=CC(Cl)=CC2O1. The fourth-order valence-electron chi connectivity index (χ4n) is 2.50. The van der Waals surface area contributed by atoms with Crippen molar-refractivity contribution in [2.24, 2.45) is 0 Å². The Morgan fingerprint density at radius 2 is 2.11 bits per heavy atom. The Labute approximate surface area is 117 Å². The molecule has 0 aromatic heterocycles. The summed E-state index contributed by atoms with van der Waals surface area (Å²) in [6, 6.07) is 8.40. The minimum Gasteiger partial charge on any atom is -0.351 e. The number of allylic oxidation sites excluding steroid dienone is 2. The van der Waals surface area contributed by atoms with Crippen molar-refractivity contribution < 1.29 is 4.74 Å². The van der Waals surface area contributed by atoms with Crippen molar-refractivity contribution in [3.8, 4) is 0 Å². The molecule has 0 saturated heterocycles. The molecule has 2 unspecified atom stereocenters. The molecule has 0 spiro atoms. The molecule has 2 aliphatic rings. The zero-order chi connectivity index (χ0) is 13.2. The van der Waals surface area contributed by atoms with Gasteiger partial charge in [-0.3, -0.25) is 5.32 Å². The first-order chi connectivity index (χ1) is 9.28. The lowest BCUT2D eigenvalue weighted by molar-refractivity contribution is 0.0273. The Balaban J connectivity index is 2.24. The van der Waals surface area contributed by atoms with E-state index in [0.717, 1.165) is 17.0 Å². The summed E-state index contributed by atoms with van der Waals surface area (Å²) in [5.41, 5.74) is 1.16. The van der Waals surface area contributed by atoms with Crippen LogP contribution < -0.4 is 15.8 Å². The van der Waals surface area contributed by atoms with Crippen molar-refractivity contribution in [3.05, 3.63) is 58.0 Å². The highest BCUT2D eigenvalue weighted by Gasteiger charge is 2.20. The van der Waals surface area contributed by atoms with Crippen LogP contribution in [0.1, 0.15) is 6.42 Å². The van der Waals surface area contributed by atoms with E-state index in [4.69, 9.17) is 16.3 Å². The highest BCUT2D eigenvalue weighted by molar-refractivity contribution is 6.31. The van der Waals surface area contributed by atoms with Crippen LogP contribution in [-0.4, -0.2) is 19.4 Å². The Bertz CT molecular complexity index is 660. The summed E-state index contributed by atoms with van der Waals surface area (Å²) < 4.78 is 6.08. The third-order valence-corrected chi connectivity index (χ3v) is 3.75. The van der Waals surface area contributed by atoms with Crippen LogP contribution in [0, 0.1) is 0 Å². The van der Waals surface area contributed by atoms with Gasteiger partial charge in [0, 0.05) is 11.5 Å². The second kappa shape index (κ2) is 5.33. The quantitative estimate of drug-likeness (QED) is 0.840. The van der Waals surface area contributed by atoms with Gasteiger partial charge in [0.1, 0.15) is 12.3 Å². The lowest BCUT2D eigenvalue weighted by Crippen LogP contribution is -2.39. The third kappa shape index (κ3) is 2.52. The average molecular weight is 274 g/mol. The van der Waals surface area contributed by atoms with E-state index in [-0.39, 0.29) is 12.3 Å². The molecule has 0 radical (unpaired) electrons. The molecule has 3 heteroatoms. The molecule has 1 aliphatic carbocycles. The normalized spacial score (nSPS) is 28.4. The summed E-state index contributed by atoms with van der Waals surface area (Å²) in [4.78, 5) is 0. The van der Waals surface area contributed by atoms with Crippen molar-refractivity contribution in [1.82, 2.24) is 5.32 Å². The number of ether oxygens (including phenoxy) is 1. The van der Waals surface area contributed by atoms with Gasteiger partial charge in [0.25, 0.3) is 0 Å². The van der Waals surface area contributed by atoms with Crippen LogP contribution in [0.3, 0.4) is 0 Å². The average Bonchev–Trinajstić information content (AvgIpc) is 2.42. The van der Waals surface area contributed by atoms with Gasteiger partial charge in [-0.15, -0.1) is 0 Å². The standard InChI is InChI=1S/C16H16ClNO/c1-18-16-9-6-11-4-2-3-5-13(11)14-8-7-12(17)10-15(14)19-16/h2-8,10,15-16,18H,9H2,1H3/b11-6?,14-13-. The summed E-state index contributed by atoms with van der Waals surface area (Å²) in [5, 5.41) is 6.39. The van der Waals surface area contributed by atoms with Gasteiger partial charge in [0.15, 0.2) is 0 Å². The Morgan fingerprint density at radius 1 is 1.26 bits per heavy atom. The van der Waals surface area contributed by atoms with E-state index >= 15 is 0 Å². The smallest absolute Gasteiger partial charge is 0.112 e. The Kier molecular flexibility index (Phi) is 3.56. The van der Waals surface area contributed by atoms with Gasteiger partial charge in [0.2, 0.25) is 0 Å². The fraction of sp³-hybridized carbons (Fsp3) is 0.250. The molecule has 19 heavy (non-hydrogen) atoms. The summed E-state index contributed by atoms with van der Waals surface area (Å²) in [7, 11) is 1.91. The van der Waals surface area contributed by atoms with E-state index in [1.54, 1.807) is 0 Å². The summed E-state index contributed by atoms with van der Waals surface area (Å²) in [5.74, 6) is 0. The van der Waals surface area contributed by atoms with Gasteiger partial charge < -0.3 is 4.74 Å². The van der Waals surface area contributed by atoms with Gasteiger partial charge in [-0.05, 0) is 35.2 Å². The molecule has 0 fully saturated rings. The molecule has 2 nitrogen and oxygen atoms in total. The van der Waals surface area contributed by atoms with Crippen molar-refractivity contribution in [3.63, 3.8) is 0 Å². The summed E-state index contributed by atoms with van der Waals surface area (Å²) >= 11 is 6.10. The Morgan fingerprint density at radius 3 is 2.95 bits per heavy atom. The molecule has 1 aromatic carbocycles. The molecule has 3 rings (SSSR count). The first-order valence-electron chi connectivity index (χ1n) is 6.45. The van der Waals surface area contributed by atoms with Gasteiger partial charge in [-0.1, -0.05) is 48.0 Å². The van der Waals surface area contributed by atoms with Crippen LogP contribution in [0.15, 0.2) is 47.5 Å². The third-order valence-electron chi connectivity index (χ3n) is 3.50. The molecule has 1 heterocycles. The molecule has 0 saturated carbocycles. The zero-order valence-corrected chi connectivity index (χ0v) is 11.5. The van der Waals surface area contributed by atoms with E-state index < -0.39 is 0 Å². The van der Waals surface area contributed by atoms with Crippen molar-refractivity contribution in [2.45, 2.75) is 18.8 Å². The highest BCUT2D eigenvalue weighted by atomic mass is 35.5. The van der Waals surface area contributed by atoms with E-state index in [1.807, 2.05) is 19.2 Å². The number of hydrogen-bond donors (Lipinski definition) is 1. The number of rotatable bonds is 1. The topological polar surface area (TPSA) is 21.3 Å². The van der Waals surface area contributed by atoms with Crippen molar-refractivity contribution in [1.29, 1.82) is 0 Å². The zero-order valence-electron chi connectivity index (χ0n) is 10.8. The molecule has 98 valence electrons. The molecule has 2 atom stereocenters. The van der Waals surface area contributed by atoms with Crippen LogP contribution in [0.5, 0.6) is 0 Å². The highest BCUT2D eigenvalue weighted by Crippen LogP contribution is 2.23. The van der Waals surface area contributed by atoms with Gasteiger partial charge >= 0.3 is 0 Å². The number of halogens is 1. The second-order valence-electron chi connectivity index (χ2n) is 4.70. The predicted octanol–water partition coefficient (Wildman–Crippen LogP) is 1.64. The van der Waals surface area contributed by atoms with Gasteiger partial charge in [-0.25, -0.2) is 0 Å². The second-order valence-corrected chi connectivity index (χ2v) is 5.14. The molecular formula is C16H16ClNO. The minimum atomic E-state index is -0.0928. The number of nitrogens with one attached hydrogen (secondary N) is 1. The maximum Gasteiger partial charge on any atom is 0.112 e. The predicted molar refractivity (Wildman–Crippen MR) is 79.0 cm³/mol. The van der Waals surface area contributed by atoms with Gasteiger partial charge in [0.05, 0.1) is 0 Å². The minimum absolute atomic E-state index is 0.000530. The van der Waals surface area contributed by atoms with Crippen molar-refractivity contribution in [2.75, 3.05) is 7.05 Å². The lowest BCUT2D eigenvalue weighted by Gasteiger charge is -2.26. The fourth-order valence-corrected chi connectivity index (χ4v) is 2.68. The van der Waals surface area contributed by atoms with E-state index in [1.165, 1.54) is 10.4 Å². The van der Waals surface area contributed by atoms with Crippen LogP contribution >= 0.6 is 11.6 Å². The maximum atomic E-state index is 6.10. The van der Waals surface area contributed by atoms with Crippen LogP contribution in [0.2, 0.25) is 0 Å². The molecule has 1 aliphatic heterocycles. The monoisotopic (exact) mass is 273 g/mol. The van der Waals surface area contributed by atoms with Gasteiger partial charge in [-0.2, -0.15) is 0 Å². The number of hydrogen-bond acceptors (Lipinski definition) is 2. The molecule has 0 amide bonds. The molecule has 0 bridgehead atoms. The Hall–Kier alpha value is -1.35. The van der Waals surface area contributed by atoms with Crippen LogP contribution in [0.4, 0.5) is 0 Å². The maximum absolute atomic E-state index is 6.10. The molecular weight excluding hydrogens is 258 g/mol. The van der Waals surface area contributed by atoms with Crippen LogP contribution in [0.25, 0.3) is 11.6 Å². The van der Waals surface area contributed by atoms with E-state index in [0.29, 0.717) is 0 Å². The van der Waals surface area contributed by atoms with Crippen molar-refractivity contribution >= 4 is 23.3 Å². The first-order valence-corrected chi connectivity index (χ1v) is 6.83. The first kappa shape index (κ1) is 12.7. The van der Waals surface area contributed by atoms with E-state index in [9.17, 15) is 0 Å².